The van der Waals surface area contributed by atoms with Crippen LogP contribution in [0.15, 0.2) is 42.5 Å². The van der Waals surface area contributed by atoms with Crippen LogP contribution >= 0.6 is 0 Å². The first kappa shape index (κ1) is 12.5. The van der Waals surface area contributed by atoms with Crippen molar-refractivity contribution in [3.05, 3.63) is 53.6 Å². The molecule has 0 bridgehead atoms. The van der Waals surface area contributed by atoms with Crippen LogP contribution in [0.3, 0.4) is 0 Å². The molecule has 3 N–H and O–H groups in total. The largest absolute Gasteiger partial charge is 0.399 e. The summed E-state index contributed by atoms with van der Waals surface area (Å²) in [5, 5.41) is 3.41. The van der Waals surface area contributed by atoms with Crippen LogP contribution in [0.1, 0.15) is 30.9 Å². The zero-order chi connectivity index (χ0) is 13.1. The Kier molecular flexibility index (Phi) is 3.56. The van der Waals surface area contributed by atoms with E-state index in [9.17, 15) is 0 Å². The van der Waals surface area contributed by atoms with E-state index in [1.54, 1.807) is 0 Å². The summed E-state index contributed by atoms with van der Waals surface area (Å²) in [5.41, 5.74) is 11.3. The van der Waals surface area contributed by atoms with Crippen LogP contribution in [0.25, 0.3) is 0 Å². The minimum Gasteiger partial charge on any atom is -0.399 e. The van der Waals surface area contributed by atoms with E-state index in [2.05, 4.69) is 50.4 Å². The molecule has 0 amide bonds. The molecule has 0 atom stereocenters. The van der Waals surface area contributed by atoms with Gasteiger partial charge in [0.25, 0.3) is 0 Å². The van der Waals surface area contributed by atoms with E-state index in [0.717, 1.165) is 22.6 Å². The van der Waals surface area contributed by atoms with Gasteiger partial charge in [0.1, 0.15) is 0 Å². The maximum absolute atomic E-state index is 5.75. The van der Waals surface area contributed by atoms with Crippen molar-refractivity contribution in [2.45, 2.75) is 26.7 Å². The SMILES string of the molecule is Cc1cc(N)ccc1Nc1ccc(C(C)C)cc1. The Morgan fingerprint density at radius 3 is 2.22 bits per heavy atom. The van der Waals surface area contributed by atoms with Crippen molar-refractivity contribution in [3.8, 4) is 0 Å². The molecule has 0 heterocycles. The van der Waals surface area contributed by atoms with Crippen LogP contribution in [0.2, 0.25) is 0 Å². The Morgan fingerprint density at radius 1 is 1.00 bits per heavy atom. The molecule has 0 saturated heterocycles. The molecule has 0 aliphatic rings. The molecule has 0 unspecified atom stereocenters. The quantitative estimate of drug-likeness (QED) is 0.778. The van der Waals surface area contributed by atoms with Crippen molar-refractivity contribution in [1.29, 1.82) is 0 Å². The predicted molar refractivity (Wildman–Crippen MR) is 79.4 cm³/mol. The third-order valence-corrected chi connectivity index (χ3v) is 3.11. The number of benzene rings is 2. The van der Waals surface area contributed by atoms with Gasteiger partial charge in [-0.2, -0.15) is 0 Å². The molecule has 2 rings (SSSR count). The molecule has 0 spiro atoms. The third kappa shape index (κ3) is 2.83. The van der Waals surface area contributed by atoms with Gasteiger partial charge in [-0.05, 0) is 54.3 Å². The number of aryl methyl sites for hydroxylation is 1. The summed E-state index contributed by atoms with van der Waals surface area (Å²) in [6, 6.07) is 14.5. The first-order chi connectivity index (χ1) is 8.56. The standard InChI is InChI=1S/C16H20N2/c1-11(2)13-4-7-15(8-5-13)18-16-9-6-14(17)10-12(16)3/h4-11,18H,17H2,1-3H3. The lowest BCUT2D eigenvalue weighted by Gasteiger charge is -2.11. The first-order valence-corrected chi connectivity index (χ1v) is 6.29. The number of hydrogen-bond acceptors (Lipinski definition) is 2. The van der Waals surface area contributed by atoms with Crippen LogP contribution in [0.5, 0.6) is 0 Å². The maximum Gasteiger partial charge on any atom is 0.0415 e. The minimum absolute atomic E-state index is 0.567. The molecule has 0 radical (unpaired) electrons. The maximum atomic E-state index is 5.75. The smallest absolute Gasteiger partial charge is 0.0415 e. The Morgan fingerprint density at radius 2 is 1.67 bits per heavy atom. The fraction of sp³-hybridized carbons (Fsp3) is 0.250. The monoisotopic (exact) mass is 240 g/mol. The van der Waals surface area contributed by atoms with Crippen LogP contribution in [0.4, 0.5) is 17.1 Å². The van der Waals surface area contributed by atoms with Gasteiger partial charge < -0.3 is 11.1 Å². The lowest BCUT2D eigenvalue weighted by molar-refractivity contribution is 0.867. The van der Waals surface area contributed by atoms with Gasteiger partial charge in [0.15, 0.2) is 0 Å². The van der Waals surface area contributed by atoms with E-state index in [4.69, 9.17) is 5.73 Å². The molecule has 2 aromatic rings. The van der Waals surface area contributed by atoms with E-state index in [1.807, 2.05) is 18.2 Å². The molecule has 2 aromatic carbocycles. The number of hydrogen-bond donors (Lipinski definition) is 2. The van der Waals surface area contributed by atoms with Crippen molar-refractivity contribution in [2.24, 2.45) is 0 Å². The van der Waals surface area contributed by atoms with Crippen LogP contribution in [-0.4, -0.2) is 0 Å². The van der Waals surface area contributed by atoms with E-state index in [-0.39, 0.29) is 0 Å². The molecule has 2 heteroatoms. The predicted octanol–water partition coefficient (Wildman–Crippen LogP) is 4.44. The van der Waals surface area contributed by atoms with Gasteiger partial charge in [0.2, 0.25) is 0 Å². The van der Waals surface area contributed by atoms with Gasteiger partial charge in [0, 0.05) is 17.1 Å². The third-order valence-electron chi connectivity index (χ3n) is 3.11. The van der Waals surface area contributed by atoms with E-state index >= 15 is 0 Å². The van der Waals surface area contributed by atoms with Crippen molar-refractivity contribution >= 4 is 17.1 Å². The Bertz CT molecular complexity index is 527. The van der Waals surface area contributed by atoms with Gasteiger partial charge in [0.05, 0.1) is 0 Å². The normalized spacial score (nSPS) is 10.7. The molecular weight excluding hydrogens is 220 g/mol. The molecule has 94 valence electrons. The highest BCUT2D eigenvalue weighted by Gasteiger charge is 2.01. The van der Waals surface area contributed by atoms with Crippen LogP contribution in [0, 0.1) is 6.92 Å². The van der Waals surface area contributed by atoms with Crippen LogP contribution < -0.4 is 11.1 Å². The zero-order valence-corrected chi connectivity index (χ0v) is 11.2. The van der Waals surface area contributed by atoms with Crippen molar-refractivity contribution in [2.75, 3.05) is 11.1 Å². The van der Waals surface area contributed by atoms with Gasteiger partial charge in [-0.25, -0.2) is 0 Å². The van der Waals surface area contributed by atoms with Gasteiger partial charge in [-0.3, -0.25) is 0 Å². The summed E-state index contributed by atoms with van der Waals surface area (Å²) in [7, 11) is 0. The Balaban J connectivity index is 2.18. The first-order valence-electron chi connectivity index (χ1n) is 6.29. The molecule has 0 aliphatic heterocycles. The summed E-state index contributed by atoms with van der Waals surface area (Å²) in [5.74, 6) is 0.567. The summed E-state index contributed by atoms with van der Waals surface area (Å²) < 4.78 is 0. The summed E-state index contributed by atoms with van der Waals surface area (Å²) >= 11 is 0. The number of rotatable bonds is 3. The zero-order valence-electron chi connectivity index (χ0n) is 11.2. The van der Waals surface area contributed by atoms with Gasteiger partial charge in [-0.1, -0.05) is 26.0 Å². The van der Waals surface area contributed by atoms with Crippen molar-refractivity contribution in [1.82, 2.24) is 0 Å². The van der Waals surface area contributed by atoms with Crippen molar-refractivity contribution < 1.29 is 0 Å². The lowest BCUT2D eigenvalue weighted by Crippen LogP contribution is -1.95. The molecule has 18 heavy (non-hydrogen) atoms. The van der Waals surface area contributed by atoms with E-state index in [1.165, 1.54) is 5.56 Å². The highest BCUT2D eigenvalue weighted by atomic mass is 14.9. The summed E-state index contributed by atoms with van der Waals surface area (Å²) in [6.07, 6.45) is 0. The number of anilines is 3. The second-order valence-corrected chi connectivity index (χ2v) is 4.98. The number of nitrogen functional groups attached to an aromatic ring is 1. The summed E-state index contributed by atoms with van der Waals surface area (Å²) in [4.78, 5) is 0. The molecular formula is C16H20N2. The number of nitrogens with two attached hydrogens (primary N) is 1. The minimum atomic E-state index is 0.567. The molecule has 0 aromatic heterocycles. The summed E-state index contributed by atoms with van der Waals surface area (Å²) in [6.45, 7) is 6.46. The highest BCUT2D eigenvalue weighted by Crippen LogP contribution is 2.24. The van der Waals surface area contributed by atoms with Crippen molar-refractivity contribution in [3.63, 3.8) is 0 Å². The second kappa shape index (κ2) is 5.13. The van der Waals surface area contributed by atoms with Crippen LogP contribution in [-0.2, 0) is 0 Å². The topological polar surface area (TPSA) is 38.0 Å². The fourth-order valence-corrected chi connectivity index (χ4v) is 1.93. The second-order valence-electron chi connectivity index (χ2n) is 4.98. The van der Waals surface area contributed by atoms with E-state index in [0.29, 0.717) is 5.92 Å². The highest BCUT2D eigenvalue weighted by molar-refractivity contribution is 5.65. The molecule has 0 saturated carbocycles. The average Bonchev–Trinajstić information content (AvgIpc) is 2.33. The fourth-order valence-electron chi connectivity index (χ4n) is 1.93. The molecule has 0 fully saturated rings. The van der Waals surface area contributed by atoms with E-state index < -0.39 is 0 Å². The molecule has 2 nitrogen and oxygen atoms in total. The average molecular weight is 240 g/mol. The Hall–Kier alpha value is -1.96. The Labute approximate surface area is 109 Å². The number of nitrogens with one attached hydrogen (secondary N) is 1. The van der Waals surface area contributed by atoms with Gasteiger partial charge in [-0.15, -0.1) is 0 Å². The van der Waals surface area contributed by atoms with Gasteiger partial charge >= 0.3 is 0 Å². The molecule has 0 aliphatic carbocycles. The lowest BCUT2D eigenvalue weighted by atomic mass is 10.0.